The van der Waals surface area contributed by atoms with Crippen LogP contribution in [-0.2, 0) is 0 Å². The molecule has 0 bridgehead atoms. The highest BCUT2D eigenvalue weighted by Crippen LogP contribution is 2.23. The molecular weight excluding hydrogens is 309 g/mol. The number of rotatable bonds is 2. The number of hydrogen-bond acceptors (Lipinski definition) is 3. The van der Waals surface area contributed by atoms with E-state index in [1.807, 2.05) is 4.90 Å². The fourth-order valence-corrected chi connectivity index (χ4v) is 3.66. The fraction of sp³-hybridized carbons (Fsp3) is 0.533. The average Bonchev–Trinajstić information content (AvgIpc) is 2.96. The molecule has 114 valence electrons. The molecule has 3 rings (SSSR count). The molecule has 1 unspecified atom stereocenters. The summed E-state index contributed by atoms with van der Waals surface area (Å²) in [5.41, 5.74) is 0.577. The number of benzene rings is 1. The van der Waals surface area contributed by atoms with Crippen LogP contribution in [0.5, 0.6) is 0 Å². The van der Waals surface area contributed by atoms with Crippen molar-refractivity contribution in [2.45, 2.75) is 12.5 Å². The molecule has 0 saturated carbocycles. The number of nitrogens with zero attached hydrogens (tertiary/aromatic N) is 2. The second kappa shape index (κ2) is 6.53. The van der Waals surface area contributed by atoms with Crippen molar-refractivity contribution in [1.29, 1.82) is 0 Å². The van der Waals surface area contributed by atoms with Crippen LogP contribution in [0, 0.1) is 0 Å². The lowest BCUT2D eigenvalue weighted by Gasteiger charge is -2.32. The molecule has 0 radical (unpaired) electrons. The van der Waals surface area contributed by atoms with Gasteiger partial charge in [0.1, 0.15) is 0 Å². The van der Waals surface area contributed by atoms with E-state index in [1.54, 1.807) is 18.2 Å². The Morgan fingerprint density at radius 2 is 1.76 bits per heavy atom. The first-order valence-corrected chi connectivity index (χ1v) is 8.09. The Kier molecular flexibility index (Phi) is 4.69. The Bertz CT molecular complexity index is 511. The van der Waals surface area contributed by atoms with E-state index in [0.29, 0.717) is 21.7 Å². The van der Waals surface area contributed by atoms with Gasteiger partial charge in [-0.05, 0) is 24.6 Å². The average molecular weight is 328 g/mol. The van der Waals surface area contributed by atoms with Crippen molar-refractivity contribution >= 4 is 29.1 Å². The zero-order valence-corrected chi connectivity index (χ0v) is 13.3. The highest BCUT2D eigenvalue weighted by molar-refractivity contribution is 6.35. The van der Waals surface area contributed by atoms with Crippen LogP contribution >= 0.6 is 23.2 Å². The first-order valence-electron chi connectivity index (χ1n) is 7.33. The number of nitrogens with one attached hydrogen (secondary N) is 1. The Morgan fingerprint density at radius 1 is 1.10 bits per heavy atom. The van der Waals surface area contributed by atoms with Crippen molar-refractivity contribution in [2.75, 3.05) is 39.3 Å². The van der Waals surface area contributed by atoms with E-state index in [1.165, 1.54) is 0 Å². The molecule has 4 nitrogen and oxygen atoms in total. The van der Waals surface area contributed by atoms with Gasteiger partial charge in [-0.3, -0.25) is 9.69 Å². The predicted molar refractivity (Wildman–Crippen MR) is 85.2 cm³/mol. The number of hydrogen-bond donors (Lipinski definition) is 1. The molecule has 0 aliphatic carbocycles. The summed E-state index contributed by atoms with van der Waals surface area (Å²) in [4.78, 5) is 16.9. The minimum Gasteiger partial charge on any atom is -0.337 e. The summed E-state index contributed by atoms with van der Waals surface area (Å²) < 4.78 is 0. The van der Waals surface area contributed by atoms with Gasteiger partial charge in [-0.1, -0.05) is 23.2 Å². The van der Waals surface area contributed by atoms with Gasteiger partial charge in [-0.25, -0.2) is 0 Å². The minimum atomic E-state index is 0.0250. The van der Waals surface area contributed by atoms with Crippen molar-refractivity contribution in [3.05, 3.63) is 33.8 Å². The molecule has 2 heterocycles. The molecule has 1 aromatic carbocycles. The summed E-state index contributed by atoms with van der Waals surface area (Å²) in [6, 6.07) is 5.50. The largest absolute Gasteiger partial charge is 0.337 e. The number of carbonyl (C=O) groups excluding carboxylic acids is 1. The highest BCUT2D eigenvalue weighted by Gasteiger charge is 2.31. The molecule has 0 spiro atoms. The quantitative estimate of drug-likeness (QED) is 0.903. The standard InChI is InChI=1S/C15H19Cl2N3O/c16-12-7-11(8-13(17)9-12)15(21)20-4-1-14(10-20)19-5-2-18-3-6-19/h7-9,14,18H,1-6,10H2. The van der Waals surface area contributed by atoms with Gasteiger partial charge in [-0.2, -0.15) is 0 Å². The fourth-order valence-electron chi connectivity index (χ4n) is 3.13. The van der Waals surface area contributed by atoms with Crippen LogP contribution in [0.1, 0.15) is 16.8 Å². The van der Waals surface area contributed by atoms with Crippen LogP contribution < -0.4 is 5.32 Å². The Morgan fingerprint density at radius 3 is 2.43 bits per heavy atom. The van der Waals surface area contributed by atoms with Crippen molar-refractivity contribution in [3.8, 4) is 0 Å². The van der Waals surface area contributed by atoms with Gasteiger partial charge in [0.25, 0.3) is 5.91 Å². The second-order valence-electron chi connectivity index (χ2n) is 5.64. The second-order valence-corrected chi connectivity index (χ2v) is 6.51. The summed E-state index contributed by atoms with van der Waals surface area (Å²) in [7, 11) is 0. The summed E-state index contributed by atoms with van der Waals surface area (Å²) >= 11 is 12.0. The maximum Gasteiger partial charge on any atom is 0.254 e. The molecule has 2 aliphatic heterocycles. The predicted octanol–water partition coefficient (Wildman–Crippen LogP) is 2.11. The molecule has 1 atom stereocenters. The number of piperazine rings is 1. The van der Waals surface area contributed by atoms with Crippen LogP contribution in [0.15, 0.2) is 18.2 Å². The van der Waals surface area contributed by atoms with Gasteiger partial charge in [0.05, 0.1) is 0 Å². The van der Waals surface area contributed by atoms with E-state index >= 15 is 0 Å². The maximum atomic E-state index is 12.6. The third-order valence-electron chi connectivity index (χ3n) is 4.23. The molecule has 1 amide bonds. The molecule has 21 heavy (non-hydrogen) atoms. The normalized spacial score (nSPS) is 23.5. The molecule has 1 aromatic rings. The molecule has 6 heteroatoms. The lowest BCUT2D eigenvalue weighted by Crippen LogP contribution is -2.49. The van der Waals surface area contributed by atoms with Crippen molar-refractivity contribution in [2.24, 2.45) is 0 Å². The molecule has 2 saturated heterocycles. The third kappa shape index (κ3) is 3.51. The Hall–Kier alpha value is -0.810. The van der Waals surface area contributed by atoms with Crippen molar-refractivity contribution in [1.82, 2.24) is 15.1 Å². The molecule has 0 aromatic heterocycles. The van der Waals surface area contributed by atoms with Gasteiger partial charge in [0.2, 0.25) is 0 Å². The Labute approximate surface area is 135 Å². The zero-order chi connectivity index (χ0) is 14.8. The van der Waals surface area contributed by atoms with Crippen molar-refractivity contribution in [3.63, 3.8) is 0 Å². The van der Waals surface area contributed by atoms with E-state index in [-0.39, 0.29) is 5.91 Å². The number of likely N-dealkylation sites (tertiary alicyclic amines) is 1. The van der Waals surface area contributed by atoms with Crippen LogP contribution in [0.4, 0.5) is 0 Å². The smallest absolute Gasteiger partial charge is 0.254 e. The number of halogens is 2. The number of carbonyl (C=O) groups is 1. The molecule has 2 fully saturated rings. The minimum absolute atomic E-state index is 0.0250. The molecule has 2 aliphatic rings. The van der Waals surface area contributed by atoms with Crippen LogP contribution in [0.25, 0.3) is 0 Å². The number of amides is 1. The topological polar surface area (TPSA) is 35.6 Å². The maximum absolute atomic E-state index is 12.6. The summed E-state index contributed by atoms with van der Waals surface area (Å²) in [6.07, 6.45) is 1.04. The summed E-state index contributed by atoms with van der Waals surface area (Å²) in [6.45, 7) is 5.80. The first kappa shape index (κ1) is 15.1. The SMILES string of the molecule is O=C(c1cc(Cl)cc(Cl)c1)N1CCC(N2CCNCC2)C1. The van der Waals surface area contributed by atoms with E-state index in [0.717, 1.165) is 45.7 Å². The third-order valence-corrected chi connectivity index (χ3v) is 4.66. The highest BCUT2D eigenvalue weighted by atomic mass is 35.5. The molecular formula is C15H19Cl2N3O. The zero-order valence-electron chi connectivity index (χ0n) is 11.8. The van der Waals surface area contributed by atoms with Crippen LogP contribution in [0.2, 0.25) is 10.0 Å². The van der Waals surface area contributed by atoms with Gasteiger partial charge in [0.15, 0.2) is 0 Å². The van der Waals surface area contributed by atoms with Gasteiger partial charge in [0, 0.05) is 60.9 Å². The Balaban J connectivity index is 1.66. The van der Waals surface area contributed by atoms with Crippen LogP contribution in [-0.4, -0.2) is 61.0 Å². The van der Waals surface area contributed by atoms with E-state index < -0.39 is 0 Å². The van der Waals surface area contributed by atoms with Crippen molar-refractivity contribution < 1.29 is 4.79 Å². The monoisotopic (exact) mass is 327 g/mol. The summed E-state index contributed by atoms with van der Waals surface area (Å²) in [5, 5.41) is 4.37. The van der Waals surface area contributed by atoms with E-state index in [4.69, 9.17) is 23.2 Å². The first-order chi connectivity index (χ1) is 10.1. The van der Waals surface area contributed by atoms with Gasteiger partial charge >= 0.3 is 0 Å². The van der Waals surface area contributed by atoms with Gasteiger partial charge < -0.3 is 10.2 Å². The lowest BCUT2D eigenvalue weighted by molar-refractivity contribution is 0.0773. The summed E-state index contributed by atoms with van der Waals surface area (Å²) in [5.74, 6) is 0.0250. The van der Waals surface area contributed by atoms with Gasteiger partial charge in [-0.15, -0.1) is 0 Å². The van der Waals surface area contributed by atoms with Crippen LogP contribution in [0.3, 0.4) is 0 Å². The lowest BCUT2D eigenvalue weighted by atomic mass is 10.2. The van der Waals surface area contributed by atoms with E-state index in [2.05, 4.69) is 10.2 Å². The molecule has 1 N–H and O–H groups in total. The van der Waals surface area contributed by atoms with E-state index in [9.17, 15) is 4.79 Å².